The summed E-state index contributed by atoms with van der Waals surface area (Å²) in [4.78, 5) is 3.59. The van der Waals surface area contributed by atoms with Gasteiger partial charge in [0.15, 0.2) is 0 Å². The summed E-state index contributed by atoms with van der Waals surface area (Å²) < 4.78 is 24.7. The molecule has 0 unspecified atom stereocenters. The van der Waals surface area contributed by atoms with Gasteiger partial charge in [-0.25, -0.2) is 13.8 Å². The predicted octanol–water partition coefficient (Wildman–Crippen LogP) is 3.52. The molecular weight excluding hydrogens is 251 g/mol. The van der Waals surface area contributed by atoms with Crippen LogP contribution in [0.4, 0.5) is 8.78 Å². The van der Waals surface area contributed by atoms with E-state index in [1.54, 1.807) is 6.07 Å². The van der Waals surface area contributed by atoms with Gasteiger partial charge in [0.25, 0.3) is 6.43 Å². The number of pyridine rings is 1. The second-order valence-corrected chi connectivity index (χ2v) is 3.24. The maximum absolute atomic E-state index is 12.1. The maximum atomic E-state index is 12.1. The zero-order valence-corrected chi connectivity index (χ0v) is 8.24. The minimum absolute atomic E-state index is 0.209. The van der Waals surface area contributed by atoms with Crippen molar-refractivity contribution in [3.05, 3.63) is 28.0 Å². The van der Waals surface area contributed by atoms with Crippen molar-refractivity contribution < 1.29 is 8.78 Å². The Morgan fingerprint density at radius 1 is 1.50 bits per heavy atom. The average molecular weight is 256 g/mol. The summed E-state index contributed by atoms with van der Waals surface area (Å²) in [7, 11) is 0. The molecule has 0 fully saturated rings. The highest BCUT2D eigenvalue weighted by Crippen LogP contribution is 2.21. The van der Waals surface area contributed by atoms with E-state index >= 15 is 0 Å². The molecule has 0 aliphatic heterocycles. The standard InChI is InChI=1S/C7H5BrClF2N/c8-6-2-4(3-9)1-5(12-6)7(10)11/h1-2,7H,3H2. The Kier molecular flexibility index (Phi) is 3.40. The van der Waals surface area contributed by atoms with Gasteiger partial charge in [-0.15, -0.1) is 11.6 Å². The monoisotopic (exact) mass is 255 g/mol. The second kappa shape index (κ2) is 4.14. The predicted molar refractivity (Wildman–Crippen MR) is 46.5 cm³/mol. The van der Waals surface area contributed by atoms with Crippen LogP contribution in [0.15, 0.2) is 16.7 Å². The molecule has 5 heteroatoms. The Hall–Kier alpha value is -0.220. The zero-order chi connectivity index (χ0) is 9.14. The van der Waals surface area contributed by atoms with E-state index in [4.69, 9.17) is 11.6 Å². The number of rotatable bonds is 2. The molecule has 0 N–H and O–H groups in total. The first-order chi connectivity index (χ1) is 5.63. The fourth-order valence-electron chi connectivity index (χ4n) is 0.761. The molecule has 0 aliphatic carbocycles. The van der Waals surface area contributed by atoms with Crippen LogP contribution in [0.1, 0.15) is 17.7 Å². The van der Waals surface area contributed by atoms with Gasteiger partial charge in [0.2, 0.25) is 0 Å². The van der Waals surface area contributed by atoms with Gasteiger partial charge in [0.1, 0.15) is 10.3 Å². The number of nitrogens with zero attached hydrogens (tertiary/aromatic N) is 1. The summed E-state index contributed by atoms with van der Waals surface area (Å²) in [5.41, 5.74) is 0.383. The molecule has 12 heavy (non-hydrogen) atoms. The minimum Gasteiger partial charge on any atom is -0.240 e. The van der Waals surface area contributed by atoms with Crippen LogP contribution in [0.2, 0.25) is 0 Å². The summed E-state index contributed by atoms with van der Waals surface area (Å²) >= 11 is 8.50. The van der Waals surface area contributed by atoms with E-state index in [1.807, 2.05) is 0 Å². The molecular formula is C7H5BrClF2N. The van der Waals surface area contributed by atoms with Crippen LogP contribution in [0, 0.1) is 0 Å². The van der Waals surface area contributed by atoms with Crippen molar-refractivity contribution >= 4 is 27.5 Å². The van der Waals surface area contributed by atoms with Gasteiger partial charge in [0.05, 0.1) is 0 Å². The summed E-state index contributed by atoms with van der Waals surface area (Å²) in [6, 6.07) is 2.90. The quantitative estimate of drug-likeness (QED) is 0.583. The second-order valence-electron chi connectivity index (χ2n) is 2.16. The molecule has 1 aromatic rings. The van der Waals surface area contributed by atoms with E-state index < -0.39 is 6.43 Å². The molecule has 0 spiro atoms. The number of aromatic nitrogens is 1. The van der Waals surface area contributed by atoms with Gasteiger partial charge in [-0.1, -0.05) is 0 Å². The Balaban J connectivity index is 3.06. The van der Waals surface area contributed by atoms with Crippen molar-refractivity contribution in [1.82, 2.24) is 4.98 Å². The van der Waals surface area contributed by atoms with Crippen LogP contribution in [0.5, 0.6) is 0 Å². The fourth-order valence-corrected chi connectivity index (χ4v) is 1.41. The summed E-state index contributed by atoms with van der Waals surface area (Å²) in [6.07, 6.45) is -2.55. The molecule has 66 valence electrons. The topological polar surface area (TPSA) is 12.9 Å². The molecule has 1 nitrogen and oxygen atoms in total. The molecule has 0 aromatic carbocycles. The molecule has 1 rings (SSSR count). The van der Waals surface area contributed by atoms with Crippen molar-refractivity contribution in [2.75, 3.05) is 0 Å². The number of hydrogen-bond donors (Lipinski definition) is 0. The van der Waals surface area contributed by atoms with E-state index in [0.717, 1.165) is 0 Å². The van der Waals surface area contributed by atoms with Gasteiger partial charge in [-0.3, -0.25) is 0 Å². The highest BCUT2D eigenvalue weighted by Gasteiger charge is 2.10. The summed E-state index contributed by atoms with van der Waals surface area (Å²) in [6.45, 7) is 0. The molecule has 0 saturated heterocycles. The number of alkyl halides is 3. The van der Waals surface area contributed by atoms with Crippen LogP contribution in [-0.4, -0.2) is 4.98 Å². The van der Waals surface area contributed by atoms with Crippen LogP contribution in [0.3, 0.4) is 0 Å². The lowest BCUT2D eigenvalue weighted by molar-refractivity contribution is 0.146. The Morgan fingerprint density at radius 3 is 2.67 bits per heavy atom. The van der Waals surface area contributed by atoms with Gasteiger partial charge in [-0.05, 0) is 33.6 Å². The zero-order valence-electron chi connectivity index (χ0n) is 5.90. The SMILES string of the molecule is FC(F)c1cc(CCl)cc(Br)n1. The van der Waals surface area contributed by atoms with Crippen molar-refractivity contribution in [2.45, 2.75) is 12.3 Å². The highest BCUT2D eigenvalue weighted by molar-refractivity contribution is 9.10. The third kappa shape index (κ3) is 2.38. The third-order valence-corrected chi connectivity index (χ3v) is 1.97. The van der Waals surface area contributed by atoms with E-state index in [0.29, 0.717) is 10.2 Å². The third-order valence-electron chi connectivity index (χ3n) is 1.25. The Labute approximate surface area is 81.9 Å². The molecule has 1 heterocycles. The van der Waals surface area contributed by atoms with Crippen molar-refractivity contribution in [1.29, 1.82) is 0 Å². The molecule has 0 atom stereocenters. The van der Waals surface area contributed by atoms with E-state index in [1.165, 1.54) is 6.07 Å². The van der Waals surface area contributed by atoms with Gasteiger partial charge in [0, 0.05) is 5.88 Å². The molecule has 0 saturated carbocycles. The smallest absolute Gasteiger partial charge is 0.240 e. The largest absolute Gasteiger partial charge is 0.280 e. The molecule has 0 aliphatic rings. The number of hydrogen-bond acceptors (Lipinski definition) is 1. The van der Waals surface area contributed by atoms with Crippen molar-refractivity contribution in [3.63, 3.8) is 0 Å². The van der Waals surface area contributed by atoms with Crippen LogP contribution >= 0.6 is 27.5 Å². The Bertz CT molecular complexity index is 280. The summed E-state index contributed by atoms with van der Waals surface area (Å²) in [5, 5.41) is 0. The van der Waals surface area contributed by atoms with E-state index in [9.17, 15) is 8.78 Å². The van der Waals surface area contributed by atoms with Gasteiger partial charge >= 0.3 is 0 Å². The lowest BCUT2D eigenvalue weighted by atomic mass is 10.2. The molecule has 1 aromatic heterocycles. The van der Waals surface area contributed by atoms with Gasteiger partial charge < -0.3 is 0 Å². The normalized spacial score (nSPS) is 10.8. The fraction of sp³-hybridized carbons (Fsp3) is 0.286. The van der Waals surface area contributed by atoms with Crippen molar-refractivity contribution in [2.24, 2.45) is 0 Å². The van der Waals surface area contributed by atoms with E-state index in [2.05, 4.69) is 20.9 Å². The Morgan fingerprint density at radius 2 is 2.17 bits per heavy atom. The molecule has 0 bridgehead atoms. The lowest BCUT2D eigenvalue weighted by Crippen LogP contribution is -1.92. The minimum atomic E-state index is -2.55. The van der Waals surface area contributed by atoms with Crippen LogP contribution in [-0.2, 0) is 5.88 Å². The van der Waals surface area contributed by atoms with Gasteiger partial charge in [-0.2, -0.15) is 0 Å². The van der Waals surface area contributed by atoms with Crippen LogP contribution in [0.25, 0.3) is 0 Å². The van der Waals surface area contributed by atoms with E-state index in [-0.39, 0.29) is 11.6 Å². The average Bonchev–Trinajstić information content (AvgIpc) is 2.03. The summed E-state index contributed by atoms with van der Waals surface area (Å²) in [5.74, 6) is 0.209. The number of halogens is 4. The highest BCUT2D eigenvalue weighted by atomic mass is 79.9. The first-order valence-electron chi connectivity index (χ1n) is 3.14. The van der Waals surface area contributed by atoms with Crippen molar-refractivity contribution in [3.8, 4) is 0 Å². The maximum Gasteiger partial charge on any atom is 0.280 e. The van der Waals surface area contributed by atoms with Crippen LogP contribution < -0.4 is 0 Å². The first kappa shape index (κ1) is 9.86. The molecule has 0 amide bonds. The lowest BCUT2D eigenvalue weighted by Gasteiger charge is -2.01. The first-order valence-corrected chi connectivity index (χ1v) is 4.46. The molecule has 0 radical (unpaired) electrons.